The molecule has 1 heterocycles. The Morgan fingerprint density at radius 3 is 2.45 bits per heavy atom. The van der Waals surface area contributed by atoms with Gasteiger partial charge in [-0.3, -0.25) is 5.21 Å². The highest BCUT2D eigenvalue weighted by atomic mass is 16.5. The van der Waals surface area contributed by atoms with Gasteiger partial charge in [-0.05, 0) is 16.9 Å². The van der Waals surface area contributed by atoms with Crippen molar-refractivity contribution in [3.63, 3.8) is 0 Å². The minimum atomic E-state index is 0.471. The second-order valence-corrected chi connectivity index (χ2v) is 5.37. The molecule has 4 heteroatoms. The van der Waals surface area contributed by atoms with Crippen molar-refractivity contribution in [2.75, 3.05) is 31.2 Å². The lowest BCUT2D eigenvalue weighted by Crippen LogP contribution is -2.36. The Balaban J connectivity index is 1.80. The largest absolute Gasteiger partial charge is 0.378 e. The zero-order valence-corrected chi connectivity index (χ0v) is 12.6. The van der Waals surface area contributed by atoms with Crippen molar-refractivity contribution in [2.24, 2.45) is 0 Å². The molecular weight excluding hydrogens is 276 g/mol. The second kappa shape index (κ2) is 7.09. The Morgan fingerprint density at radius 1 is 1.00 bits per heavy atom. The van der Waals surface area contributed by atoms with Crippen molar-refractivity contribution < 1.29 is 14.7 Å². The highest BCUT2D eigenvalue weighted by Crippen LogP contribution is 2.19. The van der Waals surface area contributed by atoms with Gasteiger partial charge in [0.2, 0.25) is 12.8 Å². The molecule has 22 heavy (non-hydrogen) atoms. The van der Waals surface area contributed by atoms with Gasteiger partial charge in [-0.25, -0.2) is 0 Å². The van der Waals surface area contributed by atoms with Crippen LogP contribution in [0.25, 0.3) is 0 Å². The first-order valence-electron chi connectivity index (χ1n) is 7.59. The molecule has 0 unspecified atom stereocenters. The highest BCUT2D eigenvalue weighted by molar-refractivity contribution is 5.85. The number of rotatable bonds is 4. The third-order valence-electron chi connectivity index (χ3n) is 3.76. The van der Waals surface area contributed by atoms with Crippen molar-refractivity contribution in [3.8, 4) is 0 Å². The van der Waals surface area contributed by atoms with Gasteiger partial charge < -0.3 is 9.64 Å². The zero-order valence-electron chi connectivity index (χ0n) is 12.6. The first-order valence-corrected chi connectivity index (χ1v) is 7.59. The summed E-state index contributed by atoms with van der Waals surface area (Å²) in [5.41, 5.74) is 3.23. The summed E-state index contributed by atoms with van der Waals surface area (Å²) in [4.78, 5) is 2.30. The number of anilines is 1. The van der Waals surface area contributed by atoms with E-state index in [0.717, 1.165) is 43.1 Å². The molecule has 0 saturated carbocycles. The van der Waals surface area contributed by atoms with Crippen molar-refractivity contribution in [1.29, 1.82) is 0 Å². The SMILES string of the molecule is O/[N+](=C\c1ccccc1N1CCOCC1)Cc1ccccc1. The summed E-state index contributed by atoms with van der Waals surface area (Å²) in [6, 6.07) is 18.1. The molecule has 0 amide bonds. The van der Waals surface area contributed by atoms with Crippen LogP contribution >= 0.6 is 0 Å². The average molecular weight is 297 g/mol. The fourth-order valence-electron chi connectivity index (χ4n) is 2.67. The van der Waals surface area contributed by atoms with E-state index in [1.165, 1.54) is 4.74 Å². The fraction of sp³-hybridized carbons (Fsp3) is 0.278. The first kappa shape index (κ1) is 14.6. The van der Waals surface area contributed by atoms with E-state index in [9.17, 15) is 5.21 Å². The van der Waals surface area contributed by atoms with E-state index in [0.29, 0.717) is 6.54 Å². The summed E-state index contributed by atoms with van der Waals surface area (Å²) < 4.78 is 6.65. The van der Waals surface area contributed by atoms with E-state index in [1.54, 1.807) is 6.21 Å². The van der Waals surface area contributed by atoms with Gasteiger partial charge in [-0.15, -0.1) is 0 Å². The Hall–Kier alpha value is -2.33. The van der Waals surface area contributed by atoms with Crippen LogP contribution in [0.1, 0.15) is 11.1 Å². The van der Waals surface area contributed by atoms with E-state index >= 15 is 0 Å². The second-order valence-electron chi connectivity index (χ2n) is 5.37. The number of nitrogens with zero attached hydrogens (tertiary/aromatic N) is 2. The molecule has 1 N–H and O–H groups in total. The normalized spacial score (nSPS) is 15.8. The quantitative estimate of drug-likeness (QED) is 0.408. The lowest BCUT2D eigenvalue weighted by molar-refractivity contribution is -0.783. The molecule has 0 radical (unpaired) electrons. The molecule has 2 aromatic rings. The Kier molecular flexibility index (Phi) is 4.71. The molecule has 114 valence electrons. The van der Waals surface area contributed by atoms with E-state index in [1.807, 2.05) is 48.5 Å². The molecule has 0 aliphatic carbocycles. The van der Waals surface area contributed by atoms with Crippen LogP contribution in [0.3, 0.4) is 0 Å². The van der Waals surface area contributed by atoms with Crippen LogP contribution in [0.2, 0.25) is 0 Å². The van der Waals surface area contributed by atoms with Crippen LogP contribution in [0.5, 0.6) is 0 Å². The topological polar surface area (TPSA) is 35.7 Å². The Labute approximate surface area is 130 Å². The molecular formula is C18H21N2O2+. The summed E-state index contributed by atoms with van der Waals surface area (Å²) in [7, 11) is 0. The molecule has 1 aliphatic rings. The maximum absolute atomic E-state index is 10.2. The third-order valence-corrected chi connectivity index (χ3v) is 3.76. The monoisotopic (exact) mass is 297 g/mol. The maximum atomic E-state index is 10.2. The molecule has 1 aliphatic heterocycles. The molecule has 2 aromatic carbocycles. The van der Waals surface area contributed by atoms with Gasteiger partial charge in [0, 0.05) is 18.7 Å². The molecule has 0 aromatic heterocycles. The minimum Gasteiger partial charge on any atom is -0.378 e. The third kappa shape index (κ3) is 3.65. The molecule has 0 spiro atoms. The molecule has 1 fully saturated rings. The van der Waals surface area contributed by atoms with Gasteiger partial charge in [-0.2, -0.15) is 0 Å². The minimum absolute atomic E-state index is 0.471. The molecule has 0 bridgehead atoms. The molecule has 4 nitrogen and oxygen atoms in total. The number of ether oxygens (including phenoxy) is 1. The van der Waals surface area contributed by atoms with Crippen molar-refractivity contribution in [1.82, 2.24) is 0 Å². The van der Waals surface area contributed by atoms with Crippen molar-refractivity contribution in [2.45, 2.75) is 6.54 Å². The van der Waals surface area contributed by atoms with Crippen LogP contribution in [-0.4, -0.2) is 42.5 Å². The van der Waals surface area contributed by atoms with Crippen LogP contribution < -0.4 is 4.90 Å². The maximum Gasteiger partial charge on any atom is 0.225 e. The van der Waals surface area contributed by atoms with Crippen LogP contribution in [0.15, 0.2) is 54.6 Å². The van der Waals surface area contributed by atoms with Crippen LogP contribution in [0.4, 0.5) is 5.69 Å². The lowest BCUT2D eigenvalue weighted by Gasteiger charge is -2.29. The predicted octanol–water partition coefficient (Wildman–Crippen LogP) is 2.54. The first-order chi connectivity index (χ1) is 10.8. The number of morpholine rings is 1. The van der Waals surface area contributed by atoms with Gasteiger partial charge >= 0.3 is 0 Å². The smallest absolute Gasteiger partial charge is 0.225 e. The molecule has 1 saturated heterocycles. The summed E-state index contributed by atoms with van der Waals surface area (Å²) >= 11 is 0. The Bertz CT molecular complexity index is 635. The fourth-order valence-corrected chi connectivity index (χ4v) is 2.67. The van der Waals surface area contributed by atoms with Gasteiger partial charge in [0.25, 0.3) is 0 Å². The number of benzene rings is 2. The van der Waals surface area contributed by atoms with Gasteiger partial charge in [0.1, 0.15) is 0 Å². The van der Waals surface area contributed by atoms with Crippen molar-refractivity contribution >= 4 is 11.9 Å². The lowest BCUT2D eigenvalue weighted by atomic mass is 10.1. The van der Waals surface area contributed by atoms with E-state index < -0.39 is 0 Å². The van der Waals surface area contributed by atoms with E-state index in [2.05, 4.69) is 11.0 Å². The van der Waals surface area contributed by atoms with Gasteiger partial charge in [-0.1, -0.05) is 42.5 Å². The van der Waals surface area contributed by atoms with Gasteiger partial charge in [0.15, 0.2) is 0 Å². The number of hydrogen-bond acceptors (Lipinski definition) is 3. The summed E-state index contributed by atoms with van der Waals surface area (Å²) in [5, 5.41) is 10.2. The summed E-state index contributed by atoms with van der Waals surface area (Å²) in [5.74, 6) is 0. The summed E-state index contributed by atoms with van der Waals surface area (Å²) in [6.45, 7) is 3.74. The van der Waals surface area contributed by atoms with Gasteiger partial charge in [0.05, 0.1) is 24.5 Å². The van der Waals surface area contributed by atoms with E-state index in [-0.39, 0.29) is 0 Å². The number of hydroxylamine groups is 1. The average Bonchev–Trinajstić information content (AvgIpc) is 2.57. The van der Waals surface area contributed by atoms with E-state index in [4.69, 9.17) is 4.74 Å². The zero-order chi connectivity index (χ0) is 15.2. The highest BCUT2D eigenvalue weighted by Gasteiger charge is 2.15. The van der Waals surface area contributed by atoms with Crippen LogP contribution in [0, 0.1) is 0 Å². The Morgan fingerprint density at radius 2 is 1.68 bits per heavy atom. The predicted molar refractivity (Wildman–Crippen MR) is 86.8 cm³/mol. The molecule has 0 atom stereocenters. The van der Waals surface area contributed by atoms with Crippen molar-refractivity contribution in [3.05, 3.63) is 65.7 Å². The van der Waals surface area contributed by atoms with Crippen LogP contribution in [-0.2, 0) is 11.3 Å². The standard InChI is InChI=1S/C18H21N2O2/c21-20(14-16-6-2-1-3-7-16)15-17-8-4-5-9-18(17)19-10-12-22-13-11-19/h1-9,15,21H,10-14H2/q+1. The number of hydrogen-bond donors (Lipinski definition) is 1. The number of para-hydroxylation sites is 1. The summed E-state index contributed by atoms with van der Waals surface area (Å²) in [6.07, 6.45) is 1.79. The molecule has 3 rings (SSSR count).